The summed E-state index contributed by atoms with van der Waals surface area (Å²) in [6.45, 7) is 0. The van der Waals surface area contributed by atoms with Crippen LogP contribution in [0.1, 0.15) is 5.56 Å². The quantitative estimate of drug-likeness (QED) is 0.713. The molecule has 5 heteroatoms. The van der Waals surface area contributed by atoms with Crippen LogP contribution in [0.2, 0.25) is 0 Å². The second-order valence-electron chi connectivity index (χ2n) is 4.38. The van der Waals surface area contributed by atoms with Gasteiger partial charge in [0.25, 0.3) is 0 Å². The average Bonchev–Trinajstić information content (AvgIpc) is 2.83. The van der Waals surface area contributed by atoms with E-state index in [0.29, 0.717) is 6.42 Å². The Morgan fingerprint density at radius 1 is 1.25 bits per heavy atom. The Morgan fingerprint density at radius 3 is 2.70 bits per heavy atom. The third-order valence-electron chi connectivity index (χ3n) is 3.00. The van der Waals surface area contributed by atoms with Gasteiger partial charge < -0.3 is 4.40 Å². The zero-order valence-electron chi connectivity index (χ0n) is 10.3. The molecule has 98 valence electrons. The van der Waals surface area contributed by atoms with Crippen LogP contribution >= 0.6 is 15.9 Å². The lowest BCUT2D eigenvalue weighted by Crippen LogP contribution is -1.91. The van der Waals surface area contributed by atoms with Gasteiger partial charge in [0.1, 0.15) is 11.5 Å². The molecule has 0 amide bonds. The molecule has 2 aromatic heterocycles. The van der Waals surface area contributed by atoms with Gasteiger partial charge in [-0.05, 0) is 46.3 Å². The van der Waals surface area contributed by atoms with Crippen molar-refractivity contribution in [1.82, 2.24) is 9.38 Å². The van der Waals surface area contributed by atoms with Crippen molar-refractivity contribution in [1.29, 1.82) is 5.26 Å². The van der Waals surface area contributed by atoms with Gasteiger partial charge in [-0.25, -0.2) is 9.37 Å². The summed E-state index contributed by atoms with van der Waals surface area (Å²) >= 11 is 3.42. The van der Waals surface area contributed by atoms with Crippen LogP contribution in [0.5, 0.6) is 0 Å². The molecule has 3 aromatic rings. The molecule has 0 radical (unpaired) electrons. The number of aromatic nitrogens is 2. The van der Waals surface area contributed by atoms with Crippen molar-refractivity contribution in [3.63, 3.8) is 0 Å². The Hall–Kier alpha value is -2.19. The molecule has 0 N–H and O–H groups in total. The predicted molar refractivity (Wildman–Crippen MR) is 77.6 cm³/mol. The molecule has 0 saturated heterocycles. The number of hydrogen-bond acceptors (Lipinski definition) is 2. The number of pyridine rings is 1. The number of rotatable bonds is 2. The predicted octanol–water partition coefficient (Wildman–Crippen LogP) is 3.97. The Labute approximate surface area is 123 Å². The van der Waals surface area contributed by atoms with E-state index in [1.807, 2.05) is 22.9 Å². The maximum atomic E-state index is 13.0. The summed E-state index contributed by atoms with van der Waals surface area (Å²) in [7, 11) is 0. The van der Waals surface area contributed by atoms with E-state index in [2.05, 4.69) is 27.0 Å². The fraction of sp³-hybridized carbons (Fsp3) is 0.0667. The van der Waals surface area contributed by atoms with E-state index in [0.717, 1.165) is 26.9 Å². The standard InChI is InChI=1S/C15H9BrFN3/c16-12-7-11(5-6-18)15-19-14(9-20(15)8-12)10-1-3-13(17)4-2-10/h1-4,7-9H,5H2. The molecule has 0 fully saturated rings. The number of nitriles is 1. The van der Waals surface area contributed by atoms with Gasteiger partial charge in [0.15, 0.2) is 0 Å². The highest BCUT2D eigenvalue weighted by Gasteiger charge is 2.09. The highest BCUT2D eigenvalue weighted by Crippen LogP contribution is 2.23. The third-order valence-corrected chi connectivity index (χ3v) is 3.44. The van der Waals surface area contributed by atoms with Gasteiger partial charge in [-0.2, -0.15) is 5.26 Å². The van der Waals surface area contributed by atoms with Crippen LogP contribution in [-0.4, -0.2) is 9.38 Å². The molecule has 0 aliphatic carbocycles. The van der Waals surface area contributed by atoms with E-state index in [1.54, 1.807) is 12.1 Å². The van der Waals surface area contributed by atoms with E-state index < -0.39 is 0 Å². The number of fused-ring (bicyclic) bond motifs is 1. The summed E-state index contributed by atoms with van der Waals surface area (Å²) < 4.78 is 15.7. The van der Waals surface area contributed by atoms with Crippen LogP contribution in [0.25, 0.3) is 16.9 Å². The molecule has 0 saturated carbocycles. The Kier molecular flexibility index (Phi) is 3.25. The SMILES string of the molecule is N#CCc1cc(Br)cn2cc(-c3ccc(F)cc3)nc12. The monoisotopic (exact) mass is 329 g/mol. The van der Waals surface area contributed by atoms with Gasteiger partial charge >= 0.3 is 0 Å². The molecular formula is C15H9BrFN3. The van der Waals surface area contributed by atoms with Gasteiger partial charge in [0, 0.05) is 28.0 Å². The molecule has 0 aliphatic heterocycles. The van der Waals surface area contributed by atoms with Crippen molar-refractivity contribution in [2.75, 3.05) is 0 Å². The lowest BCUT2D eigenvalue weighted by Gasteiger charge is -2.00. The van der Waals surface area contributed by atoms with Gasteiger partial charge in [-0.1, -0.05) is 0 Å². The minimum Gasteiger partial charge on any atom is -0.305 e. The average molecular weight is 330 g/mol. The molecule has 20 heavy (non-hydrogen) atoms. The molecule has 0 bridgehead atoms. The first kappa shape index (κ1) is 12.8. The Morgan fingerprint density at radius 2 is 2.00 bits per heavy atom. The molecule has 0 spiro atoms. The van der Waals surface area contributed by atoms with Crippen LogP contribution in [0, 0.1) is 17.1 Å². The van der Waals surface area contributed by atoms with Crippen LogP contribution in [0.3, 0.4) is 0 Å². The Balaban J connectivity index is 2.17. The summed E-state index contributed by atoms with van der Waals surface area (Å²) in [4.78, 5) is 4.54. The van der Waals surface area contributed by atoms with Crippen molar-refractivity contribution >= 4 is 21.6 Å². The van der Waals surface area contributed by atoms with Crippen molar-refractivity contribution in [2.24, 2.45) is 0 Å². The number of hydrogen-bond donors (Lipinski definition) is 0. The molecular weight excluding hydrogens is 321 g/mol. The van der Waals surface area contributed by atoms with E-state index >= 15 is 0 Å². The third kappa shape index (κ3) is 2.30. The first-order valence-corrected chi connectivity index (χ1v) is 6.76. The number of halogens is 2. The van der Waals surface area contributed by atoms with Crippen LogP contribution < -0.4 is 0 Å². The van der Waals surface area contributed by atoms with Crippen molar-refractivity contribution in [3.8, 4) is 17.3 Å². The van der Waals surface area contributed by atoms with E-state index in [1.165, 1.54) is 12.1 Å². The number of imidazole rings is 1. The van der Waals surface area contributed by atoms with Gasteiger partial charge in [0.05, 0.1) is 18.2 Å². The molecule has 1 aromatic carbocycles. The van der Waals surface area contributed by atoms with Crippen LogP contribution in [0.15, 0.2) is 47.2 Å². The van der Waals surface area contributed by atoms with Crippen molar-refractivity contribution in [2.45, 2.75) is 6.42 Å². The molecule has 0 unspecified atom stereocenters. The minimum atomic E-state index is -0.273. The smallest absolute Gasteiger partial charge is 0.141 e. The maximum absolute atomic E-state index is 13.0. The lowest BCUT2D eigenvalue weighted by molar-refractivity contribution is 0.628. The normalized spacial score (nSPS) is 10.7. The van der Waals surface area contributed by atoms with E-state index in [9.17, 15) is 4.39 Å². The first-order chi connectivity index (χ1) is 9.67. The lowest BCUT2D eigenvalue weighted by atomic mass is 10.2. The largest absolute Gasteiger partial charge is 0.305 e. The van der Waals surface area contributed by atoms with E-state index in [4.69, 9.17) is 5.26 Å². The van der Waals surface area contributed by atoms with Gasteiger partial charge in [0.2, 0.25) is 0 Å². The van der Waals surface area contributed by atoms with Crippen LogP contribution in [0.4, 0.5) is 4.39 Å². The van der Waals surface area contributed by atoms with E-state index in [-0.39, 0.29) is 5.82 Å². The highest BCUT2D eigenvalue weighted by atomic mass is 79.9. The van der Waals surface area contributed by atoms with Crippen molar-refractivity contribution < 1.29 is 4.39 Å². The zero-order valence-corrected chi connectivity index (χ0v) is 11.9. The number of benzene rings is 1. The summed E-state index contributed by atoms with van der Waals surface area (Å²) in [5.74, 6) is -0.273. The Bertz CT molecular complexity index is 815. The maximum Gasteiger partial charge on any atom is 0.141 e. The first-order valence-electron chi connectivity index (χ1n) is 5.97. The molecule has 0 atom stereocenters. The topological polar surface area (TPSA) is 41.1 Å². The minimum absolute atomic E-state index is 0.273. The summed E-state index contributed by atoms with van der Waals surface area (Å²) in [5.41, 5.74) is 3.20. The second kappa shape index (κ2) is 5.06. The number of nitrogens with zero attached hydrogens (tertiary/aromatic N) is 3. The van der Waals surface area contributed by atoms with Gasteiger partial charge in [-0.15, -0.1) is 0 Å². The molecule has 0 aliphatic rings. The second-order valence-corrected chi connectivity index (χ2v) is 5.30. The van der Waals surface area contributed by atoms with Crippen LogP contribution in [-0.2, 0) is 6.42 Å². The molecule has 2 heterocycles. The summed E-state index contributed by atoms with van der Waals surface area (Å²) in [6, 6.07) is 10.2. The fourth-order valence-corrected chi connectivity index (χ4v) is 2.60. The van der Waals surface area contributed by atoms with Gasteiger partial charge in [-0.3, -0.25) is 0 Å². The molecule has 3 nitrogen and oxygen atoms in total. The zero-order chi connectivity index (χ0) is 14.1. The molecule has 3 rings (SSSR count). The fourth-order valence-electron chi connectivity index (χ4n) is 2.11. The summed E-state index contributed by atoms with van der Waals surface area (Å²) in [6.07, 6.45) is 4.05. The highest BCUT2D eigenvalue weighted by molar-refractivity contribution is 9.10. The summed E-state index contributed by atoms with van der Waals surface area (Å²) in [5, 5.41) is 8.88. The van der Waals surface area contributed by atoms with Crippen molar-refractivity contribution in [3.05, 3.63) is 58.6 Å².